The summed E-state index contributed by atoms with van der Waals surface area (Å²) in [6.45, 7) is 2.81. The molecule has 3 heterocycles. The topological polar surface area (TPSA) is 72.0 Å². The number of fused-ring (bicyclic) bond motifs is 1. The van der Waals surface area contributed by atoms with Crippen molar-refractivity contribution in [2.24, 2.45) is 5.92 Å². The van der Waals surface area contributed by atoms with E-state index in [2.05, 4.69) is 4.90 Å². The van der Waals surface area contributed by atoms with E-state index in [1.165, 1.54) is 24.8 Å². The van der Waals surface area contributed by atoms with Crippen LogP contribution < -0.4 is 9.47 Å². The van der Waals surface area contributed by atoms with Gasteiger partial charge in [-0.2, -0.15) is 0 Å². The molecule has 0 bridgehead atoms. The summed E-state index contributed by atoms with van der Waals surface area (Å²) in [5.74, 6) is 2.32. The van der Waals surface area contributed by atoms with Crippen LogP contribution in [0, 0.1) is 5.92 Å². The van der Waals surface area contributed by atoms with Gasteiger partial charge in [0.25, 0.3) is 5.91 Å². The molecule has 2 fully saturated rings. The van der Waals surface area contributed by atoms with Crippen LogP contribution in [0.1, 0.15) is 77.5 Å². The molecule has 0 N–H and O–H groups in total. The number of aromatic nitrogens is 1. The maximum absolute atomic E-state index is 13.3. The fourth-order valence-corrected chi connectivity index (χ4v) is 6.71. The summed E-state index contributed by atoms with van der Waals surface area (Å²) in [7, 11) is 3.27. The van der Waals surface area contributed by atoms with Gasteiger partial charge in [0.15, 0.2) is 11.5 Å². The standard InChI is InChI=1S/C27H35N3O4S/c1-33-23-14-20-10-13-30(16-21(20)15-24(23)34-2)27(32)22-17-35-25(28-22)18-8-11-29(12-9-18)26(31)19-6-4-3-5-7-19/h14-15,17-19H,3-13,16H2,1-2H3. The number of benzene rings is 1. The van der Waals surface area contributed by atoms with Crippen molar-refractivity contribution in [3.63, 3.8) is 0 Å². The number of likely N-dealkylation sites (tertiary alicyclic amines) is 1. The van der Waals surface area contributed by atoms with Gasteiger partial charge in [-0.3, -0.25) is 9.59 Å². The Morgan fingerprint density at radius 1 is 0.914 bits per heavy atom. The summed E-state index contributed by atoms with van der Waals surface area (Å²) >= 11 is 1.58. The normalized spacial score (nSPS) is 19.4. The molecule has 188 valence electrons. The highest BCUT2D eigenvalue weighted by Crippen LogP contribution is 2.35. The van der Waals surface area contributed by atoms with Gasteiger partial charge in [-0.25, -0.2) is 4.98 Å². The highest BCUT2D eigenvalue weighted by Gasteiger charge is 2.31. The zero-order valence-electron chi connectivity index (χ0n) is 20.8. The maximum Gasteiger partial charge on any atom is 0.273 e. The van der Waals surface area contributed by atoms with E-state index < -0.39 is 0 Å². The average Bonchev–Trinajstić information content (AvgIpc) is 3.42. The van der Waals surface area contributed by atoms with Gasteiger partial charge in [-0.05, 0) is 55.4 Å². The quantitative estimate of drug-likeness (QED) is 0.602. The fourth-order valence-electron chi connectivity index (χ4n) is 5.75. The van der Waals surface area contributed by atoms with Crippen LogP contribution in [0.2, 0.25) is 0 Å². The van der Waals surface area contributed by atoms with Crippen molar-refractivity contribution in [2.45, 2.75) is 63.8 Å². The molecule has 1 saturated carbocycles. The lowest BCUT2D eigenvalue weighted by Crippen LogP contribution is -2.41. The molecular weight excluding hydrogens is 462 g/mol. The van der Waals surface area contributed by atoms with Gasteiger partial charge in [-0.15, -0.1) is 11.3 Å². The van der Waals surface area contributed by atoms with Crippen LogP contribution in [0.5, 0.6) is 11.5 Å². The number of hydrogen-bond acceptors (Lipinski definition) is 6. The first kappa shape index (κ1) is 24.1. The van der Waals surface area contributed by atoms with Crippen LogP contribution >= 0.6 is 11.3 Å². The minimum absolute atomic E-state index is 0.0159. The summed E-state index contributed by atoms with van der Waals surface area (Å²) in [4.78, 5) is 34.8. The number of carbonyl (C=O) groups is 2. The molecule has 3 aliphatic rings. The van der Waals surface area contributed by atoms with Gasteiger partial charge >= 0.3 is 0 Å². The Morgan fingerprint density at radius 3 is 2.29 bits per heavy atom. The zero-order chi connectivity index (χ0) is 24.4. The Labute approximate surface area is 211 Å². The number of thiazole rings is 1. The van der Waals surface area contributed by atoms with Crippen LogP contribution in [-0.4, -0.2) is 60.5 Å². The second kappa shape index (κ2) is 10.6. The monoisotopic (exact) mass is 497 g/mol. The molecule has 35 heavy (non-hydrogen) atoms. The molecular formula is C27H35N3O4S. The first-order chi connectivity index (χ1) is 17.1. The number of amides is 2. The van der Waals surface area contributed by atoms with Gasteiger partial charge in [0.05, 0.1) is 19.2 Å². The first-order valence-corrected chi connectivity index (χ1v) is 13.7. The number of methoxy groups -OCH3 is 2. The van der Waals surface area contributed by atoms with Crippen LogP contribution in [-0.2, 0) is 17.8 Å². The lowest BCUT2D eigenvalue weighted by molar-refractivity contribution is -0.137. The Morgan fingerprint density at radius 2 is 1.60 bits per heavy atom. The van der Waals surface area contributed by atoms with Gasteiger partial charge in [-0.1, -0.05) is 19.3 Å². The number of nitrogens with zero attached hydrogens (tertiary/aromatic N) is 3. The van der Waals surface area contributed by atoms with E-state index in [1.54, 1.807) is 25.6 Å². The lowest BCUT2D eigenvalue weighted by Gasteiger charge is -2.34. The lowest BCUT2D eigenvalue weighted by atomic mass is 9.87. The first-order valence-electron chi connectivity index (χ1n) is 12.8. The predicted octanol–water partition coefficient (Wildman–Crippen LogP) is 4.65. The maximum atomic E-state index is 13.3. The smallest absolute Gasteiger partial charge is 0.273 e. The predicted molar refractivity (Wildman–Crippen MR) is 135 cm³/mol. The molecule has 1 aromatic carbocycles. The SMILES string of the molecule is COc1cc2c(cc1OC)CN(C(=O)c1csc(C3CCN(C(=O)C4CCCCC4)CC3)n1)CC2. The van der Waals surface area contributed by atoms with Gasteiger partial charge in [0, 0.05) is 43.4 Å². The van der Waals surface area contributed by atoms with E-state index in [1.807, 2.05) is 22.4 Å². The Bertz CT molecular complexity index is 1070. The van der Waals surface area contributed by atoms with Gasteiger partial charge in [0.2, 0.25) is 5.91 Å². The molecule has 7 nitrogen and oxygen atoms in total. The van der Waals surface area contributed by atoms with Gasteiger partial charge in [0.1, 0.15) is 5.69 Å². The summed E-state index contributed by atoms with van der Waals surface area (Å²) < 4.78 is 10.9. The molecule has 0 spiro atoms. The molecule has 8 heteroatoms. The number of rotatable bonds is 5. The van der Waals surface area contributed by atoms with Crippen molar-refractivity contribution >= 4 is 23.2 Å². The average molecular weight is 498 g/mol. The van der Waals surface area contributed by atoms with Crippen LogP contribution in [0.25, 0.3) is 0 Å². The highest BCUT2D eigenvalue weighted by atomic mass is 32.1. The minimum Gasteiger partial charge on any atom is -0.493 e. The Balaban J connectivity index is 1.19. The second-order valence-corrected chi connectivity index (χ2v) is 10.8. The third kappa shape index (κ3) is 5.03. The summed E-state index contributed by atoms with van der Waals surface area (Å²) in [6.07, 6.45) is 8.39. The number of carbonyl (C=O) groups excluding carboxylic acids is 2. The number of ether oxygens (including phenoxy) is 2. The van der Waals surface area contributed by atoms with Crippen molar-refractivity contribution in [2.75, 3.05) is 33.9 Å². The molecule has 2 aliphatic heterocycles. The molecule has 0 atom stereocenters. The van der Waals surface area contributed by atoms with Crippen molar-refractivity contribution in [1.29, 1.82) is 0 Å². The van der Waals surface area contributed by atoms with Crippen LogP contribution in [0.4, 0.5) is 0 Å². The summed E-state index contributed by atoms with van der Waals surface area (Å²) in [5, 5.41) is 2.93. The van der Waals surface area contributed by atoms with Crippen molar-refractivity contribution in [3.05, 3.63) is 39.3 Å². The number of piperidine rings is 1. The van der Waals surface area contributed by atoms with Crippen LogP contribution in [0.15, 0.2) is 17.5 Å². The summed E-state index contributed by atoms with van der Waals surface area (Å²) in [5.41, 5.74) is 2.82. The van der Waals surface area contributed by atoms with E-state index in [0.29, 0.717) is 36.4 Å². The molecule has 1 saturated heterocycles. The minimum atomic E-state index is -0.0159. The van der Waals surface area contributed by atoms with E-state index in [9.17, 15) is 9.59 Å². The summed E-state index contributed by atoms with van der Waals surface area (Å²) in [6, 6.07) is 3.99. The van der Waals surface area contributed by atoms with E-state index >= 15 is 0 Å². The molecule has 2 aromatic rings. The Kier molecular flexibility index (Phi) is 7.27. The zero-order valence-corrected chi connectivity index (χ0v) is 21.6. The number of hydrogen-bond donors (Lipinski definition) is 0. The largest absolute Gasteiger partial charge is 0.493 e. The Hall–Kier alpha value is -2.61. The molecule has 0 unspecified atom stereocenters. The van der Waals surface area contributed by atoms with E-state index in [4.69, 9.17) is 14.5 Å². The van der Waals surface area contributed by atoms with Crippen molar-refractivity contribution in [1.82, 2.24) is 14.8 Å². The third-order valence-corrected chi connectivity index (χ3v) is 8.86. The van der Waals surface area contributed by atoms with Crippen molar-refractivity contribution < 1.29 is 19.1 Å². The van der Waals surface area contributed by atoms with E-state index in [0.717, 1.165) is 61.5 Å². The van der Waals surface area contributed by atoms with Crippen molar-refractivity contribution in [3.8, 4) is 11.5 Å². The van der Waals surface area contributed by atoms with E-state index in [-0.39, 0.29) is 11.8 Å². The molecule has 1 aliphatic carbocycles. The van der Waals surface area contributed by atoms with Gasteiger partial charge < -0.3 is 19.3 Å². The second-order valence-electron chi connectivity index (χ2n) is 9.96. The molecule has 2 amide bonds. The highest BCUT2D eigenvalue weighted by molar-refractivity contribution is 7.09. The van der Waals surface area contributed by atoms with Crippen LogP contribution in [0.3, 0.4) is 0 Å². The molecule has 0 radical (unpaired) electrons. The molecule has 1 aromatic heterocycles. The fraction of sp³-hybridized carbons (Fsp3) is 0.593. The third-order valence-electron chi connectivity index (χ3n) is 7.86. The molecule has 5 rings (SSSR count).